The van der Waals surface area contributed by atoms with Crippen molar-refractivity contribution in [3.63, 3.8) is 0 Å². The van der Waals surface area contributed by atoms with Gasteiger partial charge in [0.25, 0.3) is 5.91 Å². The van der Waals surface area contributed by atoms with E-state index in [1.165, 1.54) is 5.56 Å². The maximum atomic E-state index is 12.7. The van der Waals surface area contributed by atoms with E-state index in [0.29, 0.717) is 18.5 Å². The number of benzene rings is 4. The van der Waals surface area contributed by atoms with Crippen LogP contribution in [0.4, 0.5) is 0 Å². The molecule has 4 aromatic rings. The van der Waals surface area contributed by atoms with Gasteiger partial charge in [0.1, 0.15) is 17.8 Å². The molecule has 0 saturated carbocycles. The third-order valence-electron chi connectivity index (χ3n) is 5.11. The molecule has 0 aliphatic heterocycles. The Kier molecular flexibility index (Phi) is 6.08. The average molecular weight is 409 g/mol. The highest BCUT2D eigenvalue weighted by atomic mass is 16.5. The van der Waals surface area contributed by atoms with Gasteiger partial charge in [-0.3, -0.25) is 4.79 Å². The fourth-order valence-corrected chi connectivity index (χ4v) is 3.46. The monoisotopic (exact) mass is 409 g/mol. The van der Waals surface area contributed by atoms with Crippen LogP contribution >= 0.6 is 0 Å². The summed E-state index contributed by atoms with van der Waals surface area (Å²) in [6, 6.07) is 27.0. The molecule has 0 atom stereocenters. The van der Waals surface area contributed by atoms with Crippen molar-refractivity contribution < 1.29 is 14.3 Å². The lowest BCUT2D eigenvalue weighted by Crippen LogP contribution is -2.22. The summed E-state index contributed by atoms with van der Waals surface area (Å²) in [7, 11) is 0. The van der Waals surface area contributed by atoms with Crippen molar-refractivity contribution in [3.8, 4) is 11.5 Å². The quantitative estimate of drug-likeness (QED) is 0.404. The molecule has 0 aliphatic rings. The Labute approximate surface area is 181 Å². The Morgan fingerprint density at radius 3 is 2.48 bits per heavy atom. The molecule has 0 saturated heterocycles. The number of carbonyl (C=O) groups is 2. The zero-order valence-electron chi connectivity index (χ0n) is 17.3. The Bertz CT molecular complexity index is 1230. The fraction of sp³-hybridized carbons (Fsp3) is 0.111. The number of aryl methyl sites for hydroxylation is 1. The van der Waals surface area contributed by atoms with Crippen molar-refractivity contribution in [2.24, 2.45) is 0 Å². The zero-order valence-corrected chi connectivity index (χ0v) is 17.3. The van der Waals surface area contributed by atoms with Crippen LogP contribution in [0.15, 0.2) is 84.9 Å². The van der Waals surface area contributed by atoms with Gasteiger partial charge in [-0.2, -0.15) is 0 Å². The zero-order chi connectivity index (χ0) is 21.6. The number of rotatable bonds is 7. The number of nitrogens with one attached hydrogen (secondary N) is 1. The molecule has 0 spiro atoms. The van der Waals surface area contributed by atoms with E-state index in [1.54, 1.807) is 0 Å². The molecule has 31 heavy (non-hydrogen) atoms. The normalized spacial score (nSPS) is 10.6. The van der Waals surface area contributed by atoms with Gasteiger partial charge in [-0.25, -0.2) is 0 Å². The molecule has 4 heteroatoms. The van der Waals surface area contributed by atoms with E-state index in [0.717, 1.165) is 39.7 Å². The highest BCUT2D eigenvalue weighted by Gasteiger charge is 2.09. The van der Waals surface area contributed by atoms with E-state index in [9.17, 15) is 9.59 Å². The van der Waals surface area contributed by atoms with E-state index < -0.39 is 0 Å². The van der Waals surface area contributed by atoms with Gasteiger partial charge in [-0.1, -0.05) is 54.1 Å². The summed E-state index contributed by atoms with van der Waals surface area (Å²) in [5.41, 5.74) is 3.66. The Morgan fingerprint density at radius 2 is 1.68 bits per heavy atom. The second kappa shape index (κ2) is 9.26. The number of fused-ring (bicyclic) bond motifs is 1. The van der Waals surface area contributed by atoms with Crippen molar-refractivity contribution in [3.05, 3.63) is 107 Å². The second-order valence-electron chi connectivity index (χ2n) is 7.48. The number of ether oxygens (including phenoxy) is 1. The fourth-order valence-electron chi connectivity index (χ4n) is 3.46. The van der Waals surface area contributed by atoms with Crippen LogP contribution in [-0.2, 0) is 17.8 Å². The largest absolute Gasteiger partial charge is 0.457 e. The van der Waals surface area contributed by atoms with Gasteiger partial charge in [0, 0.05) is 23.9 Å². The molecule has 0 heterocycles. The molecule has 0 radical (unpaired) electrons. The van der Waals surface area contributed by atoms with E-state index in [1.807, 2.05) is 91.9 Å². The van der Waals surface area contributed by atoms with Crippen molar-refractivity contribution in [2.45, 2.75) is 19.9 Å². The molecule has 1 N–H and O–H groups in total. The van der Waals surface area contributed by atoms with E-state index >= 15 is 0 Å². The van der Waals surface area contributed by atoms with Gasteiger partial charge in [0.05, 0.1) is 0 Å². The van der Waals surface area contributed by atoms with Crippen LogP contribution in [-0.4, -0.2) is 12.2 Å². The minimum Gasteiger partial charge on any atom is -0.457 e. The highest BCUT2D eigenvalue weighted by molar-refractivity contribution is 5.99. The molecule has 4 aromatic carbocycles. The predicted octanol–water partition coefficient (Wildman–Crippen LogP) is 5.61. The van der Waals surface area contributed by atoms with Crippen LogP contribution < -0.4 is 10.1 Å². The molecule has 1 amide bonds. The van der Waals surface area contributed by atoms with Crippen LogP contribution in [0.2, 0.25) is 0 Å². The van der Waals surface area contributed by atoms with Crippen LogP contribution in [0.3, 0.4) is 0 Å². The standard InChI is InChI=1S/C27H23NO3/c1-19-8-11-24(12-9-19)31-26-7-3-6-22-17-23(10-13-25(22)26)27(30)28-18-21-5-2-4-20(16-21)14-15-29/h2-13,15-17H,14,18H2,1H3,(H,28,30). The maximum Gasteiger partial charge on any atom is 0.251 e. The minimum absolute atomic E-state index is 0.146. The number of amides is 1. The molecule has 0 fully saturated rings. The van der Waals surface area contributed by atoms with Crippen LogP contribution in [0.25, 0.3) is 10.8 Å². The summed E-state index contributed by atoms with van der Waals surface area (Å²) in [6.45, 7) is 2.44. The van der Waals surface area contributed by atoms with Crippen LogP contribution in [0.1, 0.15) is 27.0 Å². The van der Waals surface area contributed by atoms with Gasteiger partial charge in [0.15, 0.2) is 0 Å². The van der Waals surface area contributed by atoms with E-state index in [-0.39, 0.29) is 5.91 Å². The third-order valence-corrected chi connectivity index (χ3v) is 5.11. The summed E-state index contributed by atoms with van der Waals surface area (Å²) < 4.78 is 6.06. The van der Waals surface area contributed by atoms with Gasteiger partial charge in [-0.05, 0) is 59.8 Å². The SMILES string of the molecule is Cc1ccc(Oc2cccc3cc(C(=O)NCc4cccc(CC=O)c4)ccc23)cc1. The first kappa shape index (κ1) is 20.4. The number of hydrogen-bond acceptors (Lipinski definition) is 3. The van der Waals surface area contributed by atoms with Gasteiger partial charge >= 0.3 is 0 Å². The molecule has 4 rings (SSSR count). The number of carbonyl (C=O) groups excluding carboxylic acids is 2. The first-order valence-electron chi connectivity index (χ1n) is 10.2. The topological polar surface area (TPSA) is 55.4 Å². The number of aldehydes is 1. The van der Waals surface area contributed by atoms with E-state index in [2.05, 4.69) is 5.32 Å². The predicted molar refractivity (Wildman–Crippen MR) is 123 cm³/mol. The van der Waals surface area contributed by atoms with Gasteiger partial charge in [0.2, 0.25) is 0 Å². The van der Waals surface area contributed by atoms with Gasteiger partial charge < -0.3 is 14.8 Å². The summed E-state index contributed by atoms with van der Waals surface area (Å²) in [6.07, 6.45) is 1.25. The Hall–Kier alpha value is -3.92. The third kappa shape index (κ3) is 4.98. The average Bonchev–Trinajstić information content (AvgIpc) is 2.79. The molecule has 0 aromatic heterocycles. The molecule has 154 valence electrons. The lowest BCUT2D eigenvalue weighted by atomic mass is 10.1. The van der Waals surface area contributed by atoms with E-state index in [4.69, 9.17) is 4.74 Å². The molecule has 0 bridgehead atoms. The van der Waals surface area contributed by atoms with Crippen molar-refractivity contribution >= 4 is 23.0 Å². The first-order chi connectivity index (χ1) is 15.1. The smallest absolute Gasteiger partial charge is 0.251 e. The summed E-state index contributed by atoms with van der Waals surface area (Å²) in [5.74, 6) is 1.38. The Balaban J connectivity index is 1.49. The van der Waals surface area contributed by atoms with Crippen molar-refractivity contribution in [1.29, 1.82) is 0 Å². The summed E-state index contributed by atoms with van der Waals surface area (Å²) in [5, 5.41) is 4.83. The first-order valence-corrected chi connectivity index (χ1v) is 10.2. The highest BCUT2D eigenvalue weighted by Crippen LogP contribution is 2.30. The second-order valence-corrected chi connectivity index (χ2v) is 7.48. The molecular weight excluding hydrogens is 386 g/mol. The number of hydrogen-bond donors (Lipinski definition) is 1. The minimum atomic E-state index is -0.146. The lowest BCUT2D eigenvalue weighted by Gasteiger charge is -2.11. The van der Waals surface area contributed by atoms with Gasteiger partial charge in [-0.15, -0.1) is 0 Å². The summed E-state index contributed by atoms with van der Waals surface area (Å²) >= 11 is 0. The van der Waals surface area contributed by atoms with Crippen LogP contribution in [0.5, 0.6) is 11.5 Å². The maximum absolute atomic E-state index is 12.7. The molecular formula is C27H23NO3. The molecule has 4 nitrogen and oxygen atoms in total. The Morgan fingerprint density at radius 1 is 0.903 bits per heavy atom. The van der Waals surface area contributed by atoms with Crippen molar-refractivity contribution in [2.75, 3.05) is 0 Å². The molecule has 0 unspecified atom stereocenters. The van der Waals surface area contributed by atoms with Crippen molar-refractivity contribution in [1.82, 2.24) is 5.32 Å². The summed E-state index contributed by atoms with van der Waals surface area (Å²) in [4.78, 5) is 23.4. The lowest BCUT2D eigenvalue weighted by molar-refractivity contribution is -0.107. The van der Waals surface area contributed by atoms with Crippen LogP contribution in [0, 0.1) is 6.92 Å². The molecule has 0 aliphatic carbocycles.